The number of ether oxygens (including phenoxy) is 1. The van der Waals surface area contributed by atoms with Gasteiger partial charge in [-0.3, -0.25) is 4.79 Å². The van der Waals surface area contributed by atoms with E-state index in [2.05, 4.69) is 35.1 Å². The second-order valence-corrected chi connectivity index (χ2v) is 5.70. The van der Waals surface area contributed by atoms with Gasteiger partial charge in [0.15, 0.2) is 0 Å². The van der Waals surface area contributed by atoms with E-state index in [9.17, 15) is 4.79 Å². The molecule has 0 fully saturated rings. The van der Waals surface area contributed by atoms with E-state index in [0.29, 0.717) is 30.3 Å². The summed E-state index contributed by atoms with van der Waals surface area (Å²) in [6.07, 6.45) is 1.03. The van der Waals surface area contributed by atoms with Crippen molar-refractivity contribution in [3.8, 4) is 0 Å². The van der Waals surface area contributed by atoms with E-state index in [1.165, 1.54) is 0 Å². The number of hydrogen-bond donors (Lipinski definition) is 2. The van der Waals surface area contributed by atoms with Crippen molar-refractivity contribution < 1.29 is 9.53 Å². The molecule has 0 aliphatic carbocycles. The smallest absolute Gasteiger partial charge is 0.253 e. The molecule has 0 bridgehead atoms. The van der Waals surface area contributed by atoms with Gasteiger partial charge in [0, 0.05) is 23.3 Å². The molecule has 0 unspecified atom stereocenters. The van der Waals surface area contributed by atoms with Crippen LogP contribution in [0.15, 0.2) is 22.7 Å². The standard InChI is InChI=1S/C14H21BrN2O2/c1-10(2)5-7-19-8-6-17-14(18)12-9-11(15)3-4-13(12)16/h3-4,9-10H,5-8,16H2,1-2H3,(H,17,18). The monoisotopic (exact) mass is 328 g/mol. The molecule has 0 radical (unpaired) electrons. The molecule has 0 aromatic heterocycles. The molecule has 5 heteroatoms. The second-order valence-electron chi connectivity index (χ2n) is 4.78. The van der Waals surface area contributed by atoms with Crippen LogP contribution in [-0.4, -0.2) is 25.7 Å². The topological polar surface area (TPSA) is 64.3 Å². The van der Waals surface area contributed by atoms with Gasteiger partial charge >= 0.3 is 0 Å². The number of rotatable bonds is 7. The van der Waals surface area contributed by atoms with Crippen molar-refractivity contribution in [2.45, 2.75) is 20.3 Å². The van der Waals surface area contributed by atoms with Crippen molar-refractivity contribution in [2.75, 3.05) is 25.5 Å². The Labute approximate surface area is 122 Å². The number of amides is 1. The number of benzene rings is 1. The molecule has 3 N–H and O–H groups in total. The van der Waals surface area contributed by atoms with Gasteiger partial charge in [0.1, 0.15) is 0 Å². The summed E-state index contributed by atoms with van der Waals surface area (Å²) in [5.41, 5.74) is 6.72. The number of halogens is 1. The Morgan fingerprint density at radius 1 is 1.42 bits per heavy atom. The molecule has 0 aliphatic heterocycles. The van der Waals surface area contributed by atoms with E-state index in [4.69, 9.17) is 10.5 Å². The molecule has 1 aromatic carbocycles. The maximum atomic E-state index is 11.9. The minimum absolute atomic E-state index is 0.175. The first-order chi connectivity index (χ1) is 9.00. The van der Waals surface area contributed by atoms with Gasteiger partial charge in [0.05, 0.1) is 12.2 Å². The summed E-state index contributed by atoms with van der Waals surface area (Å²) in [4.78, 5) is 11.9. The predicted molar refractivity (Wildman–Crippen MR) is 81.2 cm³/mol. The van der Waals surface area contributed by atoms with Crippen LogP contribution < -0.4 is 11.1 Å². The fraction of sp³-hybridized carbons (Fsp3) is 0.500. The van der Waals surface area contributed by atoms with Gasteiger partial charge < -0.3 is 15.8 Å². The SMILES string of the molecule is CC(C)CCOCCNC(=O)c1cc(Br)ccc1N. The number of hydrogen-bond acceptors (Lipinski definition) is 3. The fourth-order valence-electron chi connectivity index (χ4n) is 1.48. The van der Waals surface area contributed by atoms with Gasteiger partial charge in [0.25, 0.3) is 5.91 Å². The van der Waals surface area contributed by atoms with E-state index in [-0.39, 0.29) is 5.91 Å². The zero-order valence-corrected chi connectivity index (χ0v) is 13.0. The molecular formula is C14H21BrN2O2. The molecule has 19 heavy (non-hydrogen) atoms. The van der Waals surface area contributed by atoms with E-state index < -0.39 is 0 Å². The Morgan fingerprint density at radius 3 is 2.84 bits per heavy atom. The number of nitrogen functional groups attached to an aromatic ring is 1. The third kappa shape index (κ3) is 6.07. The number of carbonyl (C=O) groups is 1. The number of nitrogens with two attached hydrogens (primary N) is 1. The quantitative estimate of drug-likeness (QED) is 0.597. The first kappa shape index (κ1) is 16.0. The number of anilines is 1. The van der Waals surface area contributed by atoms with Gasteiger partial charge in [0.2, 0.25) is 0 Å². The number of carbonyl (C=O) groups excluding carboxylic acids is 1. The Balaban J connectivity index is 2.29. The molecule has 1 rings (SSSR count). The average Bonchev–Trinajstić information content (AvgIpc) is 2.36. The lowest BCUT2D eigenvalue weighted by Crippen LogP contribution is -2.28. The lowest BCUT2D eigenvalue weighted by atomic mass is 10.1. The Kier molecular flexibility index (Phi) is 6.87. The lowest BCUT2D eigenvalue weighted by molar-refractivity contribution is 0.0906. The average molecular weight is 329 g/mol. The molecule has 1 aromatic rings. The normalized spacial score (nSPS) is 10.7. The van der Waals surface area contributed by atoms with Crippen molar-refractivity contribution in [2.24, 2.45) is 5.92 Å². The summed E-state index contributed by atoms with van der Waals surface area (Å²) >= 11 is 3.32. The fourth-order valence-corrected chi connectivity index (χ4v) is 1.84. The van der Waals surface area contributed by atoms with E-state index in [1.807, 2.05) is 0 Å². The van der Waals surface area contributed by atoms with Gasteiger partial charge in [-0.1, -0.05) is 29.8 Å². The van der Waals surface area contributed by atoms with Crippen LogP contribution in [0.3, 0.4) is 0 Å². The summed E-state index contributed by atoms with van der Waals surface area (Å²) in [6, 6.07) is 5.23. The van der Waals surface area contributed by atoms with Crippen molar-refractivity contribution in [1.82, 2.24) is 5.32 Å². The Hall–Kier alpha value is -1.07. The zero-order valence-electron chi connectivity index (χ0n) is 11.4. The molecule has 0 atom stereocenters. The Bertz CT molecular complexity index is 422. The minimum Gasteiger partial charge on any atom is -0.398 e. The van der Waals surface area contributed by atoms with Crippen LogP contribution in [-0.2, 0) is 4.74 Å². The van der Waals surface area contributed by atoms with E-state index >= 15 is 0 Å². The van der Waals surface area contributed by atoms with Crippen LogP contribution >= 0.6 is 15.9 Å². The molecule has 0 saturated carbocycles. The summed E-state index contributed by atoms with van der Waals surface area (Å²) < 4.78 is 6.26. The van der Waals surface area contributed by atoms with Crippen molar-refractivity contribution in [1.29, 1.82) is 0 Å². The molecule has 4 nitrogen and oxygen atoms in total. The van der Waals surface area contributed by atoms with Crippen LogP contribution in [0.2, 0.25) is 0 Å². The highest BCUT2D eigenvalue weighted by molar-refractivity contribution is 9.10. The molecule has 0 aliphatic rings. The van der Waals surface area contributed by atoms with Gasteiger partial charge in [-0.25, -0.2) is 0 Å². The Morgan fingerprint density at radius 2 is 2.16 bits per heavy atom. The van der Waals surface area contributed by atoms with Crippen LogP contribution in [0.25, 0.3) is 0 Å². The van der Waals surface area contributed by atoms with Gasteiger partial charge in [-0.05, 0) is 30.5 Å². The van der Waals surface area contributed by atoms with Crippen LogP contribution in [0, 0.1) is 5.92 Å². The molecule has 106 valence electrons. The third-order valence-electron chi connectivity index (χ3n) is 2.63. The largest absolute Gasteiger partial charge is 0.398 e. The summed E-state index contributed by atoms with van der Waals surface area (Å²) in [5, 5.41) is 2.79. The van der Waals surface area contributed by atoms with Gasteiger partial charge in [-0.2, -0.15) is 0 Å². The maximum absolute atomic E-state index is 11.9. The first-order valence-corrected chi connectivity index (χ1v) is 7.21. The van der Waals surface area contributed by atoms with E-state index in [0.717, 1.165) is 17.5 Å². The van der Waals surface area contributed by atoms with Crippen molar-refractivity contribution in [3.63, 3.8) is 0 Å². The van der Waals surface area contributed by atoms with Crippen molar-refractivity contribution >= 4 is 27.5 Å². The van der Waals surface area contributed by atoms with Crippen LogP contribution in [0.4, 0.5) is 5.69 Å². The van der Waals surface area contributed by atoms with Crippen LogP contribution in [0.1, 0.15) is 30.6 Å². The van der Waals surface area contributed by atoms with Crippen molar-refractivity contribution in [3.05, 3.63) is 28.2 Å². The molecule has 1 amide bonds. The molecular weight excluding hydrogens is 308 g/mol. The first-order valence-electron chi connectivity index (χ1n) is 6.41. The summed E-state index contributed by atoms with van der Waals surface area (Å²) in [7, 11) is 0. The zero-order chi connectivity index (χ0) is 14.3. The molecule has 0 spiro atoms. The second kappa shape index (κ2) is 8.17. The molecule has 0 saturated heterocycles. The summed E-state index contributed by atoms with van der Waals surface area (Å²) in [5.74, 6) is 0.460. The number of nitrogens with one attached hydrogen (secondary N) is 1. The lowest BCUT2D eigenvalue weighted by Gasteiger charge is -2.09. The summed E-state index contributed by atoms with van der Waals surface area (Å²) in [6.45, 7) is 6.05. The minimum atomic E-state index is -0.175. The highest BCUT2D eigenvalue weighted by atomic mass is 79.9. The third-order valence-corrected chi connectivity index (χ3v) is 3.12. The highest BCUT2D eigenvalue weighted by Crippen LogP contribution is 2.18. The maximum Gasteiger partial charge on any atom is 0.253 e. The van der Waals surface area contributed by atoms with Gasteiger partial charge in [-0.15, -0.1) is 0 Å². The predicted octanol–water partition coefficient (Wildman–Crippen LogP) is 2.82. The highest BCUT2D eigenvalue weighted by Gasteiger charge is 2.09. The van der Waals surface area contributed by atoms with E-state index in [1.54, 1.807) is 18.2 Å². The van der Waals surface area contributed by atoms with Crippen LogP contribution in [0.5, 0.6) is 0 Å². The molecule has 0 heterocycles.